The maximum absolute atomic E-state index is 13.1. The zero-order valence-electron chi connectivity index (χ0n) is 17.2. The summed E-state index contributed by atoms with van der Waals surface area (Å²) >= 11 is 0. The van der Waals surface area contributed by atoms with Crippen LogP contribution in [0.2, 0.25) is 0 Å². The van der Waals surface area contributed by atoms with Gasteiger partial charge in [0.2, 0.25) is 0 Å². The van der Waals surface area contributed by atoms with Crippen LogP contribution in [-0.4, -0.2) is 52.6 Å². The van der Waals surface area contributed by atoms with Gasteiger partial charge in [0.15, 0.2) is 0 Å². The van der Waals surface area contributed by atoms with Gasteiger partial charge >= 0.3 is 0 Å². The van der Waals surface area contributed by atoms with E-state index in [1.807, 2.05) is 11.0 Å². The molecule has 160 valence electrons. The molecule has 7 heteroatoms. The number of para-hydroxylation sites is 1. The minimum absolute atomic E-state index is 0.0935. The average molecular weight is 429 g/mol. The summed E-state index contributed by atoms with van der Waals surface area (Å²) in [5.74, 6) is 1.03. The highest BCUT2D eigenvalue weighted by Gasteiger charge is 2.33. The van der Waals surface area contributed by atoms with E-state index >= 15 is 0 Å². The number of hydrogen-bond acceptors (Lipinski definition) is 4. The topological polar surface area (TPSA) is 66.9 Å². The molecule has 4 rings (SSSR count). The lowest BCUT2D eigenvalue weighted by Gasteiger charge is -2.27. The van der Waals surface area contributed by atoms with Gasteiger partial charge in [0.25, 0.3) is 15.9 Å². The Bertz CT molecular complexity index is 987. The first-order valence-corrected chi connectivity index (χ1v) is 11.9. The molecular formula is C23H28N2O4S. The Morgan fingerprint density at radius 3 is 2.47 bits per heavy atom. The molecule has 30 heavy (non-hydrogen) atoms. The van der Waals surface area contributed by atoms with Crippen molar-refractivity contribution >= 4 is 21.6 Å². The summed E-state index contributed by atoms with van der Waals surface area (Å²) in [6.07, 6.45) is 3.13. The number of benzene rings is 2. The van der Waals surface area contributed by atoms with Gasteiger partial charge in [-0.25, -0.2) is 8.42 Å². The minimum atomic E-state index is -3.75. The summed E-state index contributed by atoms with van der Waals surface area (Å²) in [4.78, 5) is 15.1. The Balaban J connectivity index is 1.50. The first-order valence-electron chi connectivity index (χ1n) is 10.5. The van der Waals surface area contributed by atoms with E-state index in [2.05, 4.69) is 0 Å². The van der Waals surface area contributed by atoms with Crippen LogP contribution in [0.3, 0.4) is 0 Å². The van der Waals surface area contributed by atoms with Crippen molar-refractivity contribution in [3.8, 4) is 0 Å². The van der Waals surface area contributed by atoms with Crippen LogP contribution < -0.4 is 4.31 Å². The summed E-state index contributed by atoms with van der Waals surface area (Å²) in [5, 5.41) is 0. The van der Waals surface area contributed by atoms with Crippen LogP contribution in [0.15, 0.2) is 59.5 Å². The highest BCUT2D eigenvalue weighted by molar-refractivity contribution is 7.92. The van der Waals surface area contributed by atoms with Crippen molar-refractivity contribution in [2.24, 2.45) is 11.8 Å². The molecular weight excluding hydrogens is 400 g/mol. The lowest BCUT2D eigenvalue weighted by molar-refractivity contribution is 0.0471. The third kappa shape index (κ3) is 4.23. The van der Waals surface area contributed by atoms with Crippen molar-refractivity contribution < 1.29 is 17.9 Å². The second-order valence-corrected chi connectivity index (χ2v) is 10.1. The van der Waals surface area contributed by atoms with Gasteiger partial charge in [-0.3, -0.25) is 9.10 Å². The monoisotopic (exact) mass is 428 g/mol. The van der Waals surface area contributed by atoms with Crippen molar-refractivity contribution in [3.63, 3.8) is 0 Å². The van der Waals surface area contributed by atoms with Gasteiger partial charge in [-0.15, -0.1) is 0 Å². The van der Waals surface area contributed by atoms with Crippen LogP contribution in [0.4, 0.5) is 5.69 Å². The fourth-order valence-corrected chi connectivity index (χ4v) is 5.69. The van der Waals surface area contributed by atoms with E-state index in [1.54, 1.807) is 42.5 Å². The lowest BCUT2D eigenvalue weighted by atomic mass is 9.85. The maximum Gasteiger partial charge on any atom is 0.264 e. The van der Waals surface area contributed by atoms with Crippen LogP contribution >= 0.6 is 0 Å². The number of ether oxygens (including phenoxy) is 1. The molecule has 6 nitrogen and oxygen atoms in total. The molecule has 0 saturated carbocycles. The molecule has 1 atom stereocenters. The molecule has 0 N–H and O–H groups in total. The van der Waals surface area contributed by atoms with Crippen LogP contribution in [0, 0.1) is 11.8 Å². The highest BCUT2D eigenvalue weighted by atomic mass is 32.2. The van der Waals surface area contributed by atoms with Gasteiger partial charge in [-0.05, 0) is 61.4 Å². The summed E-state index contributed by atoms with van der Waals surface area (Å²) in [5.41, 5.74) is 0.998. The fraction of sp³-hybridized carbons (Fsp3) is 0.435. The van der Waals surface area contributed by atoms with Crippen molar-refractivity contribution in [2.75, 3.05) is 37.7 Å². The Morgan fingerprint density at radius 1 is 1.00 bits per heavy atom. The maximum atomic E-state index is 13.1. The summed E-state index contributed by atoms with van der Waals surface area (Å²) in [6, 6.07) is 15.3. The minimum Gasteiger partial charge on any atom is -0.381 e. The predicted octanol–water partition coefficient (Wildman–Crippen LogP) is 3.40. The zero-order valence-corrected chi connectivity index (χ0v) is 18.1. The molecule has 2 fully saturated rings. The Morgan fingerprint density at radius 2 is 1.73 bits per heavy atom. The van der Waals surface area contributed by atoms with Gasteiger partial charge in [0, 0.05) is 38.9 Å². The van der Waals surface area contributed by atoms with Gasteiger partial charge in [-0.2, -0.15) is 0 Å². The van der Waals surface area contributed by atoms with E-state index in [9.17, 15) is 13.2 Å². The van der Waals surface area contributed by atoms with Crippen LogP contribution in [-0.2, 0) is 14.8 Å². The molecule has 2 heterocycles. The van der Waals surface area contributed by atoms with Gasteiger partial charge in [0.1, 0.15) is 0 Å². The van der Waals surface area contributed by atoms with Crippen molar-refractivity contribution in [2.45, 2.75) is 24.2 Å². The summed E-state index contributed by atoms with van der Waals surface area (Å²) in [7, 11) is -2.22. The second-order valence-electron chi connectivity index (χ2n) is 8.09. The van der Waals surface area contributed by atoms with Crippen LogP contribution in [0.1, 0.15) is 29.6 Å². The van der Waals surface area contributed by atoms with Crippen molar-refractivity contribution in [3.05, 3.63) is 60.2 Å². The Labute approximate surface area is 178 Å². The molecule has 0 spiro atoms. The fourth-order valence-electron chi connectivity index (χ4n) is 4.45. The molecule has 2 aliphatic rings. The molecule has 2 aromatic rings. The number of carbonyl (C=O) groups is 1. The quantitative estimate of drug-likeness (QED) is 0.732. The normalized spacial score (nSPS) is 20.3. The number of amides is 1. The molecule has 2 aliphatic heterocycles. The van der Waals surface area contributed by atoms with E-state index in [0.717, 1.165) is 45.6 Å². The number of likely N-dealkylation sites (tertiary alicyclic amines) is 1. The molecule has 2 aromatic carbocycles. The van der Waals surface area contributed by atoms with E-state index in [0.29, 0.717) is 23.1 Å². The SMILES string of the molecule is CN(c1ccccc1)S(=O)(=O)c1cccc(C(=O)N2CC[C@@H](C3CCOCC3)C2)c1. The summed E-state index contributed by atoms with van der Waals surface area (Å²) in [6.45, 7) is 3.08. The number of rotatable bonds is 5. The molecule has 0 aromatic heterocycles. The van der Waals surface area contributed by atoms with Gasteiger partial charge in [0.05, 0.1) is 10.6 Å². The Kier molecular flexibility index (Phi) is 6.11. The molecule has 2 saturated heterocycles. The first-order chi connectivity index (χ1) is 14.5. The third-order valence-electron chi connectivity index (χ3n) is 6.30. The number of nitrogens with zero attached hydrogens (tertiary/aromatic N) is 2. The van der Waals surface area contributed by atoms with E-state index in [-0.39, 0.29) is 10.8 Å². The molecule has 0 unspecified atom stereocenters. The standard InChI is InChI=1S/C23H28N2O4S/c1-24(21-7-3-2-4-8-21)30(27,28)22-9-5-6-19(16-22)23(26)25-13-10-20(17-25)18-11-14-29-15-12-18/h2-9,16,18,20H,10-15,17H2,1H3/t20-/m1/s1. The molecule has 1 amide bonds. The third-order valence-corrected chi connectivity index (χ3v) is 8.09. The van der Waals surface area contributed by atoms with Crippen molar-refractivity contribution in [1.82, 2.24) is 4.90 Å². The predicted molar refractivity (Wildman–Crippen MR) is 116 cm³/mol. The molecule has 0 bridgehead atoms. The summed E-state index contributed by atoms with van der Waals surface area (Å²) < 4.78 is 32.9. The van der Waals surface area contributed by atoms with Crippen LogP contribution in [0.5, 0.6) is 0 Å². The van der Waals surface area contributed by atoms with Gasteiger partial charge < -0.3 is 9.64 Å². The van der Waals surface area contributed by atoms with E-state index < -0.39 is 10.0 Å². The average Bonchev–Trinajstić information content (AvgIpc) is 3.29. The Hall–Kier alpha value is -2.38. The number of anilines is 1. The van der Waals surface area contributed by atoms with Crippen LogP contribution in [0.25, 0.3) is 0 Å². The van der Waals surface area contributed by atoms with E-state index in [4.69, 9.17) is 4.74 Å². The number of sulfonamides is 1. The number of carbonyl (C=O) groups excluding carboxylic acids is 1. The lowest BCUT2D eigenvalue weighted by Crippen LogP contribution is -2.31. The zero-order chi connectivity index (χ0) is 21.1. The highest BCUT2D eigenvalue weighted by Crippen LogP contribution is 2.32. The first kappa shape index (κ1) is 20.9. The number of hydrogen-bond donors (Lipinski definition) is 0. The van der Waals surface area contributed by atoms with Crippen molar-refractivity contribution in [1.29, 1.82) is 0 Å². The largest absolute Gasteiger partial charge is 0.381 e. The van der Waals surface area contributed by atoms with E-state index in [1.165, 1.54) is 17.4 Å². The smallest absolute Gasteiger partial charge is 0.264 e. The second kappa shape index (κ2) is 8.78. The van der Waals surface area contributed by atoms with Gasteiger partial charge in [-0.1, -0.05) is 24.3 Å². The molecule has 0 radical (unpaired) electrons. The molecule has 0 aliphatic carbocycles.